The molecule has 1 unspecified atom stereocenters. The van der Waals surface area contributed by atoms with E-state index in [0.29, 0.717) is 17.0 Å². The second-order valence-corrected chi connectivity index (χ2v) is 7.64. The Kier molecular flexibility index (Phi) is 4.86. The Morgan fingerprint density at radius 3 is 2.56 bits per heavy atom. The minimum Gasteiger partial charge on any atom is -0.477 e. The first kappa shape index (κ1) is 19.8. The fraction of sp³-hybridized carbons (Fsp3) is 0.160. The molecule has 160 valence electrons. The van der Waals surface area contributed by atoms with Crippen molar-refractivity contribution in [2.45, 2.75) is 13.0 Å². The Balaban J connectivity index is 1.54. The van der Waals surface area contributed by atoms with Crippen LogP contribution in [-0.2, 0) is 4.79 Å². The molecule has 3 aromatic carbocycles. The third-order valence-electron chi connectivity index (χ3n) is 5.64. The molecule has 7 nitrogen and oxygen atoms in total. The standard InChI is InChI=1S/C25H22N4O3/c1-16-27-19-14-17(12-13-20(19)29(16)18-8-4-3-5-9-18)25(31)28-15-23(24(30)26-2)32-22-11-7-6-10-21(22)28/h3-14,23H,15H2,1-2H3,(H,26,30). The van der Waals surface area contributed by atoms with Gasteiger partial charge in [-0.2, -0.15) is 0 Å². The van der Waals surface area contributed by atoms with E-state index < -0.39 is 6.10 Å². The van der Waals surface area contributed by atoms with Crippen LogP contribution in [0.15, 0.2) is 72.8 Å². The van der Waals surface area contributed by atoms with Crippen LogP contribution in [0.1, 0.15) is 16.2 Å². The van der Waals surface area contributed by atoms with Gasteiger partial charge >= 0.3 is 0 Å². The Bertz CT molecular complexity index is 1330. The van der Waals surface area contributed by atoms with Crippen LogP contribution < -0.4 is 15.0 Å². The monoisotopic (exact) mass is 426 g/mol. The van der Waals surface area contributed by atoms with Gasteiger partial charge in [0, 0.05) is 18.3 Å². The van der Waals surface area contributed by atoms with Gasteiger partial charge in [-0.15, -0.1) is 0 Å². The van der Waals surface area contributed by atoms with E-state index in [0.717, 1.165) is 22.5 Å². The van der Waals surface area contributed by atoms with Crippen LogP contribution in [0.3, 0.4) is 0 Å². The number of nitrogens with one attached hydrogen (secondary N) is 1. The maximum Gasteiger partial charge on any atom is 0.262 e. The van der Waals surface area contributed by atoms with Gasteiger partial charge in [0.15, 0.2) is 6.10 Å². The summed E-state index contributed by atoms with van der Waals surface area (Å²) in [5, 5.41) is 2.60. The molecule has 7 heteroatoms. The Labute approximate surface area is 185 Å². The van der Waals surface area contributed by atoms with E-state index in [4.69, 9.17) is 4.74 Å². The van der Waals surface area contributed by atoms with Gasteiger partial charge < -0.3 is 15.0 Å². The highest BCUT2D eigenvalue weighted by atomic mass is 16.5. The number of carbonyl (C=O) groups excluding carboxylic acids is 2. The third kappa shape index (κ3) is 3.28. The lowest BCUT2D eigenvalue weighted by Gasteiger charge is -2.34. The number of carbonyl (C=O) groups is 2. The number of hydrogen-bond donors (Lipinski definition) is 1. The summed E-state index contributed by atoms with van der Waals surface area (Å²) in [5.41, 5.74) is 3.82. The fourth-order valence-electron chi connectivity index (χ4n) is 4.12. The van der Waals surface area contributed by atoms with Crippen molar-refractivity contribution in [3.63, 3.8) is 0 Å². The second kappa shape index (κ2) is 7.85. The molecule has 0 spiro atoms. The molecule has 1 aliphatic heterocycles. The molecule has 1 atom stereocenters. The predicted molar refractivity (Wildman–Crippen MR) is 122 cm³/mol. The van der Waals surface area contributed by atoms with Gasteiger partial charge in [-0.05, 0) is 49.4 Å². The molecular formula is C25H22N4O3. The Hall–Kier alpha value is -4.13. The fourth-order valence-corrected chi connectivity index (χ4v) is 4.12. The number of anilines is 1. The molecule has 5 rings (SSSR count). The van der Waals surface area contributed by atoms with Gasteiger partial charge in [0.1, 0.15) is 11.6 Å². The maximum absolute atomic E-state index is 13.5. The van der Waals surface area contributed by atoms with E-state index in [1.165, 1.54) is 0 Å². The van der Waals surface area contributed by atoms with E-state index in [9.17, 15) is 9.59 Å². The lowest BCUT2D eigenvalue weighted by atomic mass is 10.1. The molecule has 0 saturated heterocycles. The van der Waals surface area contributed by atoms with Crippen LogP contribution in [0.2, 0.25) is 0 Å². The average Bonchev–Trinajstić information content (AvgIpc) is 3.17. The molecule has 32 heavy (non-hydrogen) atoms. The number of aryl methyl sites for hydroxylation is 1. The minimum atomic E-state index is -0.776. The summed E-state index contributed by atoms with van der Waals surface area (Å²) >= 11 is 0. The van der Waals surface area contributed by atoms with Crippen molar-refractivity contribution in [2.24, 2.45) is 0 Å². The summed E-state index contributed by atoms with van der Waals surface area (Å²) in [6, 6.07) is 22.8. The largest absolute Gasteiger partial charge is 0.477 e. The summed E-state index contributed by atoms with van der Waals surface area (Å²) in [4.78, 5) is 32.1. The van der Waals surface area contributed by atoms with Crippen LogP contribution in [0.4, 0.5) is 5.69 Å². The lowest BCUT2D eigenvalue weighted by molar-refractivity contribution is -0.127. The van der Waals surface area contributed by atoms with Gasteiger partial charge in [-0.25, -0.2) is 4.98 Å². The smallest absolute Gasteiger partial charge is 0.262 e. The van der Waals surface area contributed by atoms with Crippen molar-refractivity contribution in [2.75, 3.05) is 18.5 Å². The number of ether oxygens (including phenoxy) is 1. The molecular weight excluding hydrogens is 404 g/mol. The van der Waals surface area contributed by atoms with Crippen molar-refractivity contribution >= 4 is 28.5 Å². The highest BCUT2D eigenvalue weighted by Crippen LogP contribution is 2.34. The summed E-state index contributed by atoms with van der Waals surface area (Å²) in [6.45, 7) is 2.08. The topological polar surface area (TPSA) is 76.5 Å². The maximum atomic E-state index is 13.5. The van der Waals surface area contributed by atoms with Gasteiger partial charge in [-0.3, -0.25) is 14.2 Å². The first-order valence-corrected chi connectivity index (χ1v) is 10.4. The molecule has 0 saturated carbocycles. The van der Waals surface area contributed by atoms with E-state index in [1.807, 2.05) is 61.5 Å². The number of likely N-dealkylation sites (N-methyl/N-ethyl adjacent to an activating group) is 1. The number of hydrogen-bond acceptors (Lipinski definition) is 4. The van der Waals surface area contributed by atoms with Crippen LogP contribution in [0, 0.1) is 6.92 Å². The highest BCUT2D eigenvalue weighted by Gasteiger charge is 2.34. The Morgan fingerprint density at radius 1 is 1.03 bits per heavy atom. The zero-order valence-corrected chi connectivity index (χ0v) is 17.8. The SMILES string of the molecule is CNC(=O)C1CN(C(=O)c2ccc3c(c2)nc(C)n3-c2ccccc2)c2ccccc2O1. The summed E-state index contributed by atoms with van der Waals surface area (Å²) in [7, 11) is 1.55. The van der Waals surface area contributed by atoms with Crippen LogP contribution in [0.25, 0.3) is 16.7 Å². The van der Waals surface area contributed by atoms with E-state index in [-0.39, 0.29) is 18.4 Å². The zero-order chi connectivity index (χ0) is 22.2. The molecule has 0 bridgehead atoms. The molecule has 0 radical (unpaired) electrons. The summed E-state index contributed by atoms with van der Waals surface area (Å²) in [5.74, 6) is 0.867. The molecule has 4 aromatic rings. The van der Waals surface area contributed by atoms with E-state index in [2.05, 4.69) is 14.9 Å². The number of aromatic nitrogens is 2. The summed E-state index contributed by atoms with van der Waals surface area (Å²) in [6.07, 6.45) is -0.776. The van der Waals surface area contributed by atoms with Gasteiger partial charge in [0.25, 0.3) is 11.8 Å². The highest BCUT2D eigenvalue weighted by molar-refractivity contribution is 6.09. The Morgan fingerprint density at radius 2 is 1.78 bits per heavy atom. The predicted octanol–water partition coefficient (Wildman–Crippen LogP) is 3.49. The second-order valence-electron chi connectivity index (χ2n) is 7.64. The number of imidazole rings is 1. The number of rotatable bonds is 3. The van der Waals surface area contributed by atoms with E-state index >= 15 is 0 Å². The third-order valence-corrected chi connectivity index (χ3v) is 5.64. The molecule has 1 aliphatic rings. The van der Waals surface area contributed by atoms with Crippen molar-refractivity contribution in [1.29, 1.82) is 0 Å². The first-order valence-electron chi connectivity index (χ1n) is 10.4. The number of para-hydroxylation sites is 3. The molecule has 1 N–H and O–H groups in total. The average molecular weight is 426 g/mol. The van der Waals surface area contributed by atoms with Crippen molar-refractivity contribution < 1.29 is 14.3 Å². The molecule has 0 fully saturated rings. The first-order chi connectivity index (χ1) is 15.6. The van der Waals surface area contributed by atoms with Crippen LogP contribution >= 0.6 is 0 Å². The number of fused-ring (bicyclic) bond motifs is 2. The zero-order valence-electron chi connectivity index (χ0n) is 17.8. The molecule has 2 amide bonds. The van der Waals surface area contributed by atoms with Gasteiger partial charge in [0.05, 0.1) is 23.3 Å². The molecule has 0 aliphatic carbocycles. The van der Waals surface area contributed by atoms with Crippen LogP contribution in [-0.4, -0.2) is 41.1 Å². The van der Waals surface area contributed by atoms with E-state index in [1.54, 1.807) is 30.1 Å². The quantitative estimate of drug-likeness (QED) is 0.544. The normalized spacial score (nSPS) is 15.2. The van der Waals surface area contributed by atoms with Crippen molar-refractivity contribution in [3.05, 3.63) is 84.2 Å². The molecule has 2 heterocycles. The lowest BCUT2D eigenvalue weighted by Crippen LogP contribution is -2.50. The summed E-state index contributed by atoms with van der Waals surface area (Å²) < 4.78 is 7.88. The van der Waals surface area contributed by atoms with Gasteiger partial charge in [0.2, 0.25) is 0 Å². The number of amides is 2. The van der Waals surface area contributed by atoms with Crippen LogP contribution in [0.5, 0.6) is 5.75 Å². The minimum absolute atomic E-state index is 0.130. The van der Waals surface area contributed by atoms with Crippen molar-refractivity contribution in [3.8, 4) is 11.4 Å². The van der Waals surface area contributed by atoms with Gasteiger partial charge in [-0.1, -0.05) is 30.3 Å². The number of benzene rings is 3. The number of nitrogens with zero attached hydrogens (tertiary/aromatic N) is 3. The molecule has 1 aromatic heterocycles. The van der Waals surface area contributed by atoms with Crippen molar-refractivity contribution in [1.82, 2.24) is 14.9 Å².